The minimum Gasteiger partial charge on any atom is -0.389 e. The average Bonchev–Trinajstić information content (AvgIpc) is 2.19. The maximum Gasteiger partial charge on any atom is 0.321 e. The summed E-state index contributed by atoms with van der Waals surface area (Å²) < 4.78 is 0. The molecule has 0 fully saturated rings. The Morgan fingerprint density at radius 2 is 1.94 bits per heavy atom. The predicted molar refractivity (Wildman–Crippen MR) is 69.4 cm³/mol. The summed E-state index contributed by atoms with van der Waals surface area (Å²) in [6.07, 6.45) is 0. The zero-order chi connectivity index (χ0) is 13.1. The van der Waals surface area contributed by atoms with E-state index in [1.807, 2.05) is 0 Å². The first kappa shape index (κ1) is 13.8. The molecule has 4 nitrogen and oxygen atoms in total. The van der Waals surface area contributed by atoms with Gasteiger partial charge in [0.15, 0.2) is 0 Å². The number of anilines is 1. The van der Waals surface area contributed by atoms with Crippen LogP contribution in [-0.2, 0) is 0 Å². The van der Waals surface area contributed by atoms with Crippen molar-refractivity contribution in [1.82, 2.24) is 4.90 Å². The number of rotatable bonds is 3. The number of hydrogen-bond donors (Lipinski definition) is 2. The van der Waals surface area contributed by atoms with E-state index in [-0.39, 0.29) is 12.6 Å². The summed E-state index contributed by atoms with van der Waals surface area (Å²) >= 11 is 5.74. The molecule has 17 heavy (non-hydrogen) atoms. The minimum absolute atomic E-state index is 0.256. The van der Waals surface area contributed by atoms with Gasteiger partial charge < -0.3 is 15.3 Å². The Hall–Kier alpha value is -1.26. The molecule has 0 unspecified atom stereocenters. The van der Waals surface area contributed by atoms with Crippen LogP contribution in [0.3, 0.4) is 0 Å². The van der Waals surface area contributed by atoms with Crippen molar-refractivity contribution in [2.24, 2.45) is 0 Å². The quantitative estimate of drug-likeness (QED) is 0.873. The SMILES string of the molecule is CN(CC(C)(C)O)C(=O)Nc1ccc(Cl)cc1. The minimum atomic E-state index is -0.911. The summed E-state index contributed by atoms with van der Waals surface area (Å²) in [5.41, 5.74) is -0.242. The van der Waals surface area contributed by atoms with Crippen LogP contribution in [0, 0.1) is 0 Å². The summed E-state index contributed by atoms with van der Waals surface area (Å²) in [6, 6.07) is 6.57. The number of hydrogen-bond acceptors (Lipinski definition) is 2. The number of aliphatic hydroxyl groups is 1. The van der Waals surface area contributed by atoms with Gasteiger partial charge in [0.05, 0.1) is 12.1 Å². The highest BCUT2D eigenvalue weighted by molar-refractivity contribution is 6.30. The van der Waals surface area contributed by atoms with Gasteiger partial charge in [0.25, 0.3) is 0 Å². The molecule has 0 saturated heterocycles. The van der Waals surface area contributed by atoms with Gasteiger partial charge in [-0.05, 0) is 38.1 Å². The normalized spacial score (nSPS) is 11.1. The largest absolute Gasteiger partial charge is 0.389 e. The Bertz CT molecular complexity index is 384. The average molecular weight is 257 g/mol. The van der Waals surface area contributed by atoms with E-state index >= 15 is 0 Å². The van der Waals surface area contributed by atoms with Crippen LogP contribution in [0.1, 0.15) is 13.8 Å². The van der Waals surface area contributed by atoms with E-state index in [2.05, 4.69) is 5.32 Å². The Morgan fingerprint density at radius 3 is 2.41 bits per heavy atom. The molecule has 0 atom stereocenters. The lowest BCUT2D eigenvalue weighted by Crippen LogP contribution is -2.41. The second-order valence-corrected chi connectivity index (χ2v) is 5.04. The molecular formula is C12H17ClN2O2. The van der Waals surface area contributed by atoms with Crippen LogP contribution in [0.5, 0.6) is 0 Å². The van der Waals surface area contributed by atoms with Crippen LogP contribution < -0.4 is 5.32 Å². The third kappa shape index (κ3) is 5.06. The topological polar surface area (TPSA) is 52.6 Å². The number of urea groups is 1. The van der Waals surface area contributed by atoms with Gasteiger partial charge in [-0.15, -0.1) is 0 Å². The van der Waals surface area contributed by atoms with Gasteiger partial charge in [0, 0.05) is 17.8 Å². The summed E-state index contributed by atoms with van der Waals surface area (Å²) in [7, 11) is 1.63. The summed E-state index contributed by atoms with van der Waals surface area (Å²) in [5.74, 6) is 0. The van der Waals surface area contributed by atoms with Gasteiger partial charge in [-0.25, -0.2) is 4.79 Å². The molecule has 0 radical (unpaired) electrons. The fourth-order valence-electron chi connectivity index (χ4n) is 1.40. The Kier molecular flexibility index (Phi) is 4.37. The lowest BCUT2D eigenvalue weighted by molar-refractivity contribution is 0.0550. The molecule has 0 aliphatic carbocycles. The Balaban J connectivity index is 2.57. The molecular weight excluding hydrogens is 240 g/mol. The van der Waals surface area contributed by atoms with Crippen molar-refractivity contribution in [2.45, 2.75) is 19.4 Å². The maximum atomic E-state index is 11.7. The monoisotopic (exact) mass is 256 g/mol. The molecule has 2 N–H and O–H groups in total. The molecule has 94 valence electrons. The van der Waals surface area contributed by atoms with Crippen LogP contribution in [0.15, 0.2) is 24.3 Å². The van der Waals surface area contributed by atoms with Gasteiger partial charge in [-0.1, -0.05) is 11.6 Å². The summed E-state index contributed by atoms with van der Waals surface area (Å²) in [4.78, 5) is 13.2. The number of halogens is 1. The number of carbonyl (C=O) groups excluding carboxylic acids is 1. The molecule has 0 aromatic heterocycles. The maximum absolute atomic E-state index is 11.7. The van der Waals surface area contributed by atoms with Crippen LogP contribution in [-0.4, -0.2) is 35.2 Å². The molecule has 1 aromatic rings. The molecule has 1 rings (SSSR count). The van der Waals surface area contributed by atoms with E-state index < -0.39 is 5.60 Å². The Labute approximate surface area is 106 Å². The second kappa shape index (κ2) is 5.38. The first-order chi connectivity index (χ1) is 7.78. The molecule has 0 spiro atoms. The fraction of sp³-hybridized carbons (Fsp3) is 0.417. The third-order valence-corrected chi connectivity index (χ3v) is 2.32. The highest BCUT2D eigenvalue weighted by Crippen LogP contribution is 2.14. The molecule has 0 heterocycles. The van der Waals surface area contributed by atoms with E-state index in [1.54, 1.807) is 45.2 Å². The first-order valence-electron chi connectivity index (χ1n) is 5.28. The molecule has 5 heteroatoms. The number of amides is 2. The van der Waals surface area contributed by atoms with Crippen LogP contribution in [0.25, 0.3) is 0 Å². The second-order valence-electron chi connectivity index (χ2n) is 4.61. The molecule has 0 aliphatic rings. The summed E-state index contributed by atoms with van der Waals surface area (Å²) in [5, 5.41) is 12.9. The van der Waals surface area contributed by atoms with E-state index in [1.165, 1.54) is 4.90 Å². The van der Waals surface area contributed by atoms with Crippen molar-refractivity contribution < 1.29 is 9.90 Å². The van der Waals surface area contributed by atoms with Gasteiger partial charge >= 0.3 is 6.03 Å². The van der Waals surface area contributed by atoms with Crippen molar-refractivity contribution in [3.63, 3.8) is 0 Å². The molecule has 0 aliphatic heterocycles. The molecule has 0 saturated carbocycles. The number of nitrogens with one attached hydrogen (secondary N) is 1. The van der Waals surface area contributed by atoms with Crippen LogP contribution >= 0.6 is 11.6 Å². The smallest absolute Gasteiger partial charge is 0.321 e. The van der Waals surface area contributed by atoms with Crippen LogP contribution in [0.4, 0.5) is 10.5 Å². The lowest BCUT2D eigenvalue weighted by atomic mass is 10.1. The van der Waals surface area contributed by atoms with Crippen molar-refractivity contribution in [2.75, 3.05) is 18.9 Å². The molecule has 1 aromatic carbocycles. The first-order valence-corrected chi connectivity index (χ1v) is 5.66. The number of benzene rings is 1. The van der Waals surface area contributed by atoms with Crippen LogP contribution in [0.2, 0.25) is 5.02 Å². The van der Waals surface area contributed by atoms with Gasteiger partial charge in [0.1, 0.15) is 0 Å². The predicted octanol–water partition coefficient (Wildman–Crippen LogP) is 2.57. The van der Waals surface area contributed by atoms with Crippen molar-refractivity contribution in [3.8, 4) is 0 Å². The van der Waals surface area contributed by atoms with Crippen molar-refractivity contribution in [3.05, 3.63) is 29.3 Å². The van der Waals surface area contributed by atoms with Gasteiger partial charge in [0.2, 0.25) is 0 Å². The van der Waals surface area contributed by atoms with E-state index in [0.717, 1.165) is 0 Å². The zero-order valence-corrected chi connectivity index (χ0v) is 11.0. The van der Waals surface area contributed by atoms with Crippen molar-refractivity contribution in [1.29, 1.82) is 0 Å². The van der Waals surface area contributed by atoms with Gasteiger partial charge in [-0.3, -0.25) is 0 Å². The van der Waals surface area contributed by atoms with Gasteiger partial charge in [-0.2, -0.15) is 0 Å². The molecule has 2 amide bonds. The number of likely N-dealkylation sites (N-methyl/N-ethyl adjacent to an activating group) is 1. The van der Waals surface area contributed by atoms with E-state index in [4.69, 9.17) is 11.6 Å². The van der Waals surface area contributed by atoms with Crippen molar-refractivity contribution >= 4 is 23.3 Å². The molecule has 0 bridgehead atoms. The number of nitrogens with zero attached hydrogens (tertiary/aromatic N) is 1. The third-order valence-electron chi connectivity index (χ3n) is 2.07. The number of carbonyl (C=O) groups is 1. The Morgan fingerprint density at radius 1 is 1.41 bits per heavy atom. The standard InChI is InChI=1S/C12H17ClN2O2/c1-12(2,17)8-15(3)11(16)14-10-6-4-9(13)5-7-10/h4-7,17H,8H2,1-3H3,(H,14,16). The lowest BCUT2D eigenvalue weighted by Gasteiger charge is -2.25. The highest BCUT2D eigenvalue weighted by atomic mass is 35.5. The highest BCUT2D eigenvalue weighted by Gasteiger charge is 2.19. The fourth-order valence-corrected chi connectivity index (χ4v) is 1.53. The zero-order valence-electron chi connectivity index (χ0n) is 10.2. The summed E-state index contributed by atoms with van der Waals surface area (Å²) in [6.45, 7) is 3.56. The van der Waals surface area contributed by atoms with E-state index in [0.29, 0.717) is 10.7 Å². The van der Waals surface area contributed by atoms with E-state index in [9.17, 15) is 9.90 Å².